The van der Waals surface area contributed by atoms with Gasteiger partial charge in [-0.2, -0.15) is 0 Å². The molecule has 105 valence electrons. The van der Waals surface area contributed by atoms with Crippen molar-refractivity contribution in [2.75, 3.05) is 32.9 Å². The van der Waals surface area contributed by atoms with E-state index in [-0.39, 0.29) is 6.61 Å². The Labute approximate surface area is 118 Å². The molecule has 0 aliphatic carbocycles. The maximum absolute atomic E-state index is 11.4. The topological polar surface area (TPSA) is 41.6 Å². The maximum atomic E-state index is 11.4. The van der Waals surface area contributed by atoms with Crippen LogP contribution in [0.2, 0.25) is 0 Å². The molecule has 0 amide bonds. The Morgan fingerprint density at radius 3 is 2.60 bits per heavy atom. The Morgan fingerprint density at radius 1 is 1.10 bits per heavy atom. The van der Waals surface area contributed by atoms with Gasteiger partial charge in [-0.05, 0) is 22.9 Å². The molecular weight excluding hydrogens is 254 g/mol. The fraction of sp³-hybridized carbons (Fsp3) is 0.375. The second-order valence-electron chi connectivity index (χ2n) is 4.90. The highest BCUT2D eigenvalue weighted by molar-refractivity contribution is 5.83. The van der Waals surface area contributed by atoms with Gasteiger partial charge in [0.05, 0.1) is 13.2 Å². The largest absolute Gasteiger partial charge is 0.472 e. The van der Waals surface area contributed by atoms with Crippen LogP contribution in [0, 0.1) is 0 Å². The standard InChI is InChI=1S/C16H18NO3/c18-12-16(17-7-9-19-10-8-17)20-15-6-5-13-3-1-2-4-14(13)11-15/h1-6,11,16H,7-10,12H2/t16-/m0/s1. The van der Waals surface area contributed by atoms with Gasteiger partial charge in [-0.25, -0.2) is 5.11 Å². The van der Waals surface area contributed by atoms with Crippen molar-refractivity contribution < 1.29 is 14.6 Å². The number of hydrogen-bond donors (Lipinski definition) is 0. The normalized spacial score (nSPS) is 18.1. The molecule has 1 heterocycles. The maximum Gasteiger partial charge on any atom is 0.179 e. The summed E-state index contributed by atoms with van der Waals surface area (Å²) in [7, 11) is 0. The average molecular weight is 272 g/mol. The fourth-order valence-corrected chi connectivity index (χ4v) is 2.48. The first-order chi connectivity index (χ1) is 9.86. The summed E-state index contributed by atoms with van der Waals surface area (Å²) in [6, 6.07) is 14.0. The molecular formula is C16H18NO3. The van der Waals surface area contributed by atoms with Crippen LogP contribution in [0.5, 0.6) is 5.75 Å². The predicted molar refractivity (Wildman–Crippen MR) is 76.3 cm³/mol. The van der Waals surface area contributed by atoms with Crippen molar-refractivity contribution >= 4 is 10.8 Å². The number of ether oxygens (including phenoxy) is 2. The molecule has 3 rings (SSSR count). The van der Waals surface area contributed by atoms with E-state index in [1.807, 2.05) is 41.3 Å². The number of nitrogens with zero attached hydrogens (tertiary/aromatic N) is 1. The molecule has 0 aromatic heterocycles. The van der Waals surface area contributed by atoms with E-state index in [4.69, 9.17) is 9.47 Å². The van der Waals surface area contributed by atoms with Crippen LogP contribution in [0.25, 0.3) is 10.8 Å². The SMILES string of the molecule is [O]C[C@H](Oc1ccc2ccccc2c1)N1CCOCC1. The van der Waals surface area contributed by atoms with E-state index < -0.39 is 6.23 Å². The zero-order valence-corrected chi connectivity index (χ0v) is 11.3. The summed E-state index contributed by atoms with van der Waals surface area (Å²) in [5.41, 5.74) is 0. The summed E-state index contributed by atoms with van der Waals surface area (Å²) in [5.74, 6) is 0.746. The van der Waals surface area contributed by atoms with Crippen LogP contribution in [-0.4, -0.2) is 44.0 Å². The van der Waals surface area contributed by atoms with E-state index in [9.17, 15) is 5.11 Å². The van der Waals surface area contributed by atoms with Crippen molar-refractivity contribution in [1.82, 2.24) is 4.90 Å². The summed E-state index contributed by atoms with van der Waals surface area (Å²) in [6.07, 6.45) is -0.417. The molecule has 4 nitrogen and oxygen atoms in total. The Bertz CT molecular complexity index is 566. The molecule has 4 heteroatoms. The number of hydrogen-bond acceptors (Lipinski definition) is 3. The van der Waals surface area contributed by atoms with Crippen molar-refractivity contribution in [2.45, 2.75) is 6.23 Å². The van der Waals surface area contributed by atoms with Crippen molar-refractivity contribution in [3.63, 3.8) is 0 Å². The van der Waals surface area contributed by atoms with E-state index in [1.165, 1.54) is 5.39 Å². The minimum absolute atomic E-state index is 0.271. The summed E-state index contributed by atoms with van der Waals surface area (Å²) in [6.45, 7) is 2.56. The van der Waals surface area contributed by atoms with Crippen LogP contribution in [0.15, 0.2) is 42.5 Å². The van der Waals surface area contributed by atoms with Crippen LogP contribution in [0.4, 0.5) is 0 Å². The first-order valence-corrected chi connectivity index (χ1v) is 6.92. The smallest absolute Gasteiger partial charge is 0.179 e. The van der Waals surface area contributed by atoms with E-state index in [1.54, 1.807) is 0 Å². The predicted octanol–water partition coefficient (Wildman–Crippen LogP) is 2.31. The molecule has 0 bridgehead atoms. The third-order valence-electron chi connectivity index (χ3n) is 3.59. The van der Waals surface area contributed by atoms with Crippen molar-refractivity contribution in [3.05, 3.63) is 42.5 Å². The Hall–Kier alpha value is -1.62. The van der Waals surface area contributed by atoms with Gasteiger partial charge < -0.3 is 9.47 Å². The molecule has 1 fully saturated rings. The lowest BCUT2D eigenvalue weighted by atomic mass is 10.1. The molecule has 2 aromatic rings. The second kappa shape index (κ2) is 6.22. The van der Waals surface area contributed by atoms with Crippen molar-refractivity contribution in [1.29, 1.82) is 0 Å². The number of benzene rings is 2. The van der Waals surface area contributed by atoms with Crippen LogP contribution in [0.1, 0.15) is 0 Å². The molecule has 1 radical (unpaired) electrons. The number of fused-ring (bicyclic) bond motifs is 1. The van der Waals surface area contributed by atoms with Crippen molar-refractivity contribution in [3.8, 4) is 5.75 Å². The summed E-state index contributed by atoms with van der Waals surface area (Å²) < 4.78 is 11.2. The highest BCUT2D eigenvalue weighted by atomic mass is 16.5. The van der Waals surface area contributed by atoms with E-state index in [2.05, 4.69) is 6.07 Å². The zero-order valence-electron chi connectivity index (χ0n) is 11.3. The summed E-state index contributed by atoms with van der Waals surface area (Å²) in [5, 5.41) is 13.7. The third kappa shape index (κ3) is 2.93. The molecule has 1 saturated heterocycles. The molecule has 0 saturated carbocycles. The summed E-state index contributed by atoms with van der Waals surface area (Å²) >= 11 is 0. The number of morpholine rings is 1. The molecule has 0 N–H and O–H groups in total. The molecule has 1 aliphatic heterocycles. The first-order valence-electron chi connectivity index (χ1n) is 6.92. The van der Waals surface area contributed by atoms with Crippen LogP contribution < -0.4 is 4.74 Å². The van der Waals surface area contributed by atoms with Gasteiger partial charge in [0.15, 0.2) is 6.23 Å². The van der Waals surface area contributed by atoms with Crippen LogP contribution in [0.3, 0.4) is 0 Å². The van der Waals surface area contributed by atoms with Gasteiger partial charge in [-0.3, -0.25) is 4.90 Å². The van der Waals surface area contributed by atoms with E-state index in [0.29, 0.717) is 13.2 Å². The van der Waals surface area contributed by atoms with Crippen LogP contribution in [-0.2, 0) is 9.84 Å². The minimum atomic E-state index is -0.417. The van der Waals surface area contributed by atoms with Gasteiger partial charge in [0.2, 0.25) is 0 Å². The van der Waals surface area contributed by atoms with E-state index >= 15 is 0 Å². The third-order valence-corrected chi connectivity index (χ3v) is 3.59. The Balaban J connectivity index is 1.76. The van der Waals surface area contributed by atoms with Crippen LogP contribution >= 0.6 is 0 Å². The van der Waals surface area contributed by atoms with Gasteiger partial charge in [0, 0.05) is 13.1 Å². The van der Waals surface area contributed by atoms with Gasteiger partial charge >= 0.3 is 0 Å². The lowest BCUT2D eigenvalue weighted by Crippen LogP contribution is -2.47. The summed E-state index contributed by atoms with van der Waals surface area (Å²) in [4.78, 5) is 2.05. The lowest BCUT2D eigenvalue weighted by Gasteiger charge is -2.32. The molecule has 0 spiro atoms. The quantitative estimate of drug-likeness (QED) is 0.857. The lowest BCUT2D eigenvalue weighted by molar-refractivity contribution is -0.0781. The highest BCUT2D eigenvalue weighted by Gasteiger charge is 2.22. The Kier molecular flexibility index (Phi) is 4.16. The monoisotopic (exact) mass is 272 g/mol. The Morgan fingerprint density at radius 2 is 1.85 bits per heavy atom. The van der Waals surface area contributed by atoms with E-state index in [0.717, 1.165) is 24.2 Å². The highest BCUT2D eigenvalue weighted by Crippen LogP contribution is 2.22. The number of rotatable bonds is 4. The minimum Gasteiger partial charge on any atom is -0.472 e. The van der Waals surface area contributed by atoms with Gasteiger partial charge in [-0.15, -0.1) is 0 Å². The van der Waals surface area contributed by atoms with Gasteiger partial charge in [-0.1, -0.05) is 30.3 Å². The molecule has 20 heavy (non-hydrogen) atoms. The molecule has 0 unspecified atom stereocenters. The fourth-order valence-electron chi connectivity index (χ4n) is 2.48. The van der Waals surface area contributed by atoms with Crippen molar-refractivity contribution in [2.24, 2.45) is 0 Å². The van der Waals surface area contributed by atoms with Gasteiger partial charge in [0.1, 0.15) is 12.4 Å². The second-order valence-corrected chi connectivity index (χ2v) is 4.90. The first kappa shape index (κ1) is 13.4. The zero-order chi connectivity index (χ0) is 13.8. The molecule has 1 atom stereocenters. The molecule has 1 aliphatic rings. The molecule has 2 aromatic carbocycles. The average Bonchev–Trinajstić information content (AvgIpc) is 2.53. The van der Waals surface area contributed by atoms with Gasteiger partial charge in [0.25, 0.3) is 0 Å².